The molecule has 0 spiro atoms. The highest BCUT2D eigenvalue weighted by atomic mass is 32.1. The van der Waals surface area contributed by atoms with Gasteiger partial charge in [-0.25, -0.2) is 0 Å². The van der Waals surface area contributed by atoms with Crippen molar-refractivity contribution in [3.8, 4) is 0 Å². The van der Waals surface area contributed by atoms with Gasteiger partial charge in [0.2, 0.25) is 0 Å². The van der Waals surface area contributed by atoms with Gasteiger partial charge in [0, 0.05) is 17.5 Å². The van der Waals surface area contributed by atoms with Gasteiger partial charge in [-0.3, -0.25) is 16.3 Å². The largest absolute Gasteiger partial charge is 0.271 e. The van der Waals surface area contributed by atoms with Crippen molar-refractivity contribution in [2.24, 2.45) is 5.84 Å². The van der Waals surface area contributed by atoms with E-state index in [2.05, 4.69) is 42.5 Å². The van der Waals surface area contributed by atoms with Crippen molar-refractivity contribution in [1.82, 2.24) is 10.4 Å². The molecule has 2 aromatic rings. The minimum Gasteiger partial charge on any atom is -0.271 e. The summed E-state index contributed by atoms with van der Waals surface area (Å²) >= 11 is 1.66. The van der Waals surface area contributed by atoms with E-state index in [1.54, 1.807) is 11.3 Å². The quantitative estimate of drug-likeness (QED) is 0.644. The van der Waals surface area contributed by atoms with E-state index in [1.165, 1.54) is 21.6 Å². The predicted octanol–water partition coefficient (Wildman–Crippen LogP) is 2.51. The van der Waals surface area contributed by atoms with Gasteiger partial charge in [-0.2, -0.15) is 0 Å². The van der Waals surface area contributed by atoms with Crippen molar-refractivity contribution in [1.29, 1.82) is 0 Å². The summed E-state index contributed by atoms with van der Waals surface area (Å²) in [4.78, 5) is 5.34. The fourth-order valence-corrected chi connectivity index (χ4v) is 2.60. The Morgan fingerprint density at radius 1 is 1.41 bits per heavy atom. The zero-order valence-corrected chi connectivity index (χ0v) is 10.9. The summed E-state index contributed by atoms with van der Waals surface area (Å²) in [5.74, 6) is 5.67. The van der Waals surface area contributed by atoms with Crippen molar-refractivity contribution in [2.75, 3.05) is 0 Å². The SMILES string of the molecule is Cc1cccc(C(Cc2cncs2)NN)c1C. The van der Waals surface area contributed by atoms with Crippen LogP contribution in [0.2, 0.25) is 0 Å². The van der Waals surface area contributed by atoms with Gasteiger partial charge in [0.1, 0.15) is 0 Å². The first-order valence-corrected chi connectivity index (χ1v) is 6.50. The molecule has 0 aliphatic carbocycles. The summed E-state index contributed by atoms with van der Waals surface area (Å²) in [6.45, 7) is 4.26. The average Bonchev–Trinajstić information content (AvgIpc) is 2.83. The molecule has 3 N–H and O–H groups in total. The second-order valence-corrected chi connectivity index (χ2v) is 5.15. The molecule has 0 saturated heterocycles. The number of nitrogens with zero attached hydrogens (tertiary/aromatic N) is 1. The van der Waals surface area contributed by atoms with Crippen LogP contribution in [-0.4, -0.2) is 4.98 Å². The van der Waals surface area contributed by atoms with Crippen LogP contribution in [0.4, 0.5) is 0 Å². The van der Waals surface area contributed by atoms with Gasteiger partial charge < -0.3 is 0 Å². The maximum Gasteiger partial charge on any atom is 0.0794 e. The third-order valence-corrected chi connectivity index (χ3v) is 3.91. The Morgan fingerprint density at radius 3 is 2.88 bits per heavy atom. The van der Waals surface area contributed by atoms with E-state index >= 15 is 0 Å². The minimum absolute atomic E-state index is 0.148. The van der Waals surface area contributed by atoms with Crippen molar-refractivity contribution >= 4 is 11.3 Å². The fraction of sp³-hybridized carbons (Fsp3) is 0.308. The molecule has 1 aromatic heterocycles. The van der Waals surface area contributed by atoms with Gasteiger partial charge in [0.15, 0.2) is 0 Å². The summed E-state index contributed by atoms with van der Waals surface area (Å²) in [5.41, 5.74) is 8.63. The maximum absolute atomic E-state index is 5.67. The number of thiazole rings is 1. The van der Waals surface area contributed by atoms with E-state index in [-0.39, 0.29) is 6.04 Å². The Labute approximate surface area is 106 Å². The molecule has 4 heteroatoms. The normalized spacial score (nSPS) is 12.6. The van der Waals surface area contributed by atoms with Gasteiger partial charge in [0.05, 0.1) is 11.6 Å². The standard InChI is InChI=1S/C13H17N3S/c1-9-4-3-5-12(10(9)2)13(16-14)6-11-7-15-8-17-11/h3-5,7-8,13,16H,6,14H2,1-2H3. The molecular weight excluding hydrogens is 230 g/mol. The third-order valence-electron chi connectivity index (χ3n) is 3.11. The van der Waals surface area contributed by atoms with Gasteiger partial charge in [0.25, 0.3) is 0 Å². The lowest BCUT2D eigenvalue weighted by Crippen LogP contribution is -2.30. The van der Waals surface area contributed by atoms with E-state index < -0.39 is 0 Å². The Balaban J connectivity index is 2.26. The molecule has 3 nitrogen and oxygen atoms in total. The number of hydrogen-bond donors (Lipinski definition) is 2. The second kappa shape index (κ2) is 5.40. The van der Waals surface area contributed by atoms with E-state index in [0.717, 1.165) is 6.42 Å². The van der Waals surface area contributed by atoms with Crippen LogP contribution in [0.5, 0.6) is 0 Å². The first-order chi connectivity index (χ1) is 8.22. The number of rotatable bonds is 4. The number of benzene rings is 1. The summed E-state index contributed by atoms with van der Waals surface area (Å²) in [6, 6.07) is 6.48. The molecule has 1 heterocycles. The highest BCUT2D eigenvalue weighted by Gasteiger charge is 2.14. The molecule has 0 amide bonds. The van der Waals surface area contributed by atoms with Gasteiger partial charge in [-0.05, 0) is 30.5 Å². The molecule has 90 valence electrons. The highest BCUT2D eigenvalue weighted by molar-refractivity contribution is 7.09. The van der Waals surface area contributed by atoms with Gasteiger partial charge in [-0.15, -0.1) is 11.3 Å². The second-order valence-electron chi connectivity index (χ2n) is 4.18. The van der Waals surface area contributed by atoms with E-state index in [4.69, 9.17) is 5.84 Å². The van der Waals surface area contributed by atoms with Crippen LogP contribution < -0.4 is 11.3 Å². The molecule has 17 heavy (non-hydrogen) atoms. The lowest BCUT2D eigenvalue weighted by atomic mass is 9.96. The van der Waals surface area contributed by atoms with Crippen molar-refractivity contribution < 1.29 is 0 Å². The van der Waals surface area contributed by atoms with E-state index in [9.17, 15) is 0 Å². The monoisotopic (exact) mass is 247 g/mol. The van der Waals surface area contributed by atoms with Crippen LogP contribution in [-0.2, 0) is 6.42 Å². The number of nitrogens with two attached hydrogens (primary N) is 1. The zero-order valence-electron chi connectivity index (χ0n) is 10.1. The Bertz CT molecular complexity index is 479. The lowest BCUT2D eigenvalue weighted by Gasteiger charge is -2.18. The molecule has 0 aliphatic rings. The molecular formula is C13H17N3S. The summed E-state index contributed by atoms with van der Waals surface area (Å²) in [5, 5.41) is 0. The van der Waals surface area contributed by atoms with Crippen LogP contribution >= 0.6 is 11.3 Å². The Kier molecular flexibility index (Phi) is 3.89. The molecule has 0 bridgehead atoms. The first-order valence-electron chi connectivity index (χ1n) is 5.62. The van der Waals surface area contributed by atoms with Crippen molar-refractivity contribution in [3.05, 3.63) is 51.5 Å². The van der Waals surface area contributed by atoms with Crippen LogP contribution in [0.3, 0.4) is 0 Å². The zero-order chi connectivity index (χ0) is 12.3. The molecule has 0 radical (unpaired) electrons. The molecule has 0 aliphatic heterocycles. The summed E-state index contributed by atoms with van der Waals surface area (Å²) in [7, 11) is 0. The van der Waals surface area contributed by atoms with E-state index in [1.807, 2.05) is 11.7 Å². The molecule has 1 unspecified atom stereocenters. The number of aromatic nitrogens is 1. The van der Waals surface area contributed by atoms with Gasteiger partial charge >= 0.3 is 0 Å². The fourth-order valence-electron chi connectivity index (χ4n) is 1.95. The highest BCUT2D eigenvalue weighted by Crippen LogP contribution is 2.24. The molecule has 1 aromatic carbocycles. The van der Waals surface area contributed by atoms with Crippen LogP contribution in [0.1, 0.15) is 27.6 Å². The first kappa shape index (κ1) is 12.2. The number of hydrogen-bond acceptors (Lipinski definition) is 4. The molecule has 0 fully saturated rings. The smallest absolute Gasteiger partial charge is 0.0794 e. The maximum atomic E-state index is 5.67. The summed E-state index contributed by atoms with van der Waals surface area (Å²) < 4.78 is 0. The number of hydrazine groups is 1. The third kappa shape index (κ3) is 2.72. The van der Waals surface area contributed by atoms with Crippen LogP contribution in [0, 0.1) is 13.8 Å². The topological polar surface area (TPSA) is 50.9 Å². The minimum atomic E-state index is 0.148. The Morgan fingerprint density at radius 2 is 2.24 bits per heavy atom. The van der Waals surface area contributed by atoms with E-state index in [0.29, 0.717) is 0 Å². The molecule has 1 atom stereocenters. The summed E-state index contributed by atoms with van der Waals surface area (Å²) in [6.07, 6.45) is 2.78. The average molecular weight is 247 g/mol. The predicted molar refractivity (Wildman–Crippen MR) is 71.8 cm³/mol. The van der Waals surface area contributed by atoms with Crippen LogP contribution in [0.25, 0.3) is 0 Å². The van der Waals surface area contributed by atoms with Crippen LogP contribution in [0.15, 0.2) is 29.9 Å². The molecule has 0 saturated carbocycles. The van der Waals surface area contributed by atoms with Gasteiger partial charge in [-0.1, -0.05) is 18.2 Å². The number of nitrogens with one attached hydrogen (secondary N) is 1. The molecule has 2 rings (SSSR count). The van der Waals surface area contributed by atoms with Crippen molar-refractivity contribution in [3.63, 3.8) is 0 Å². The number of aryl methyl sites for hydroxylation is 1. The Hall–Kier alpha value is -1.23. The van der Waals surface area contributed by atoms with Crippen molar-refractivity contribution in [2.45, 2.75) is 26.3 Å². The lowest BCUT2D eigenvalue weighted by molar-refractivity contribution is 0.552.